The van der Waals surface area contributed by atoms with E-state index in [1.807, 2.05) is 0 Å². The van der Waals surface area contributed by atoms with Crippen LogP contribution >= 0.6 is 19.4 Å². The van der Waals surface area contributed by atoms with Gasteiger partial charge in [-0.3, -0.25) is 9.78 Å². The smallest absolute Gasteiger partial charge is 0.467 e. The number of nitrogens with one attached hydrogen (secondary N) is 1. The van der Waals surface area contributed by atoms with Crippen LogP contribution in [0, 0.1) is 0 Å². The molecular weight excluding hydrogens is 533 g/mol. The molecule has 3 N–H and O–H groups in total. The number of aryl methyl sites for hydroxylation is 1. The highest BCUT2D eigenvalue weighted by Gasteiger charge is 2.19. The van der Waals surface area contributed by atoms with Crippen LogP contribution in [-0.4, -0.2) is 42.2 Å². The lowest BCUT2D eigenvalue weighted by molar-refractivity contribution is 0.0829. The number of halogens is 1. The van der Waals surface area contributed by atoms with Crippen LogP contribution in [0.1, 0.15) is 43.0 Å². The molecule has 0 unspecified atom stereocenters. The summed E-state index contributed by atoms with van der Waals surface area (Å²) in [7, 11) is -4.62. The van der Waals surface area contributed by atoms with E-state index in [1.54, 1.807) is 53.3 Å². The predicted octanol–water partition coefficient (Wildman–Crippen LogP) is 5.42. The van der Waals surface area contributed by atoms with E-state index in [-0.39, 0.29) is 5.91 Å². The van der Waals surface area contributed by atoms with Crippen molar-refractivity contribution < 1.29 is 28.4 Å². The molecular formula is C25H27ClN5O6P. The Balaban J connectivity index is 1.63. The monoisotopic (exact) mass is 559 g/mol. The number of anilines is 1. The molecule has 13 heteroatoms. The van der Waals surface area contributed by atoms with Gasteiger partial charge in [0.1, 0.15) is 5.75 Å². The quantitative estimate of drug-likeness (QED) is 0.117. The van der Waals surface area contributed by atoms with Crippen molar-refractivity contribution in [1.82, 2.24) is 19.7 Å². The summed E-state index contributed by atoms with van der Waals surface area (Å²) in [5.74, 6) is 0.369. The number of carbonyl (C=O) groups is 1. The van der Waals surface area contributed by atoms with Crippen molar-refractivity contribution in [2.45, 2.75) is 39.2 Å². The number of hydrogen-bond donors (Lipinski definition) is 3. The molecule has 1 amide bonds. The fraction of sp³-hybridized carbons (Fsp3) is 0.280. The molecule has 0 atom stereocenters. The van der Waals surface area contributed by atoms with Crippen molar-refractivity contribution in [2.75, 3.05) is 12.1 Å². The predicted molar refractivity (Wildman–Crippen MR) is 143 cm³/mol. The Labute approximate surface area is 224 Å². The lowest BCUT2D eigenvalue weighted by atomic mass is 10.1. The zero-order valence-electron chi connectivity index (χ0n) is 20.6. The van der Waals surface area contributed by atoms with Crippen LogP contribution in [-0.2, 0) is 15.6 Å². The highest BCUT2D eigenvalue weighted by molar-refractivity contribution is 7.46. The molecule has 0 radical (unpaired) electrons. The zero-order chi connectivity index (χ0) is 27.1. The molecule has 1 aromatic carbocycles. The SMILES string of the molecule is CCCCCCn1nc(NC(=O)c2cccnc2)c2cc(Cl)c(-c3ccc(OCOP(=O)(O)O)cc3)nc21. The maximum Gasteiger partial charge on any atom is 0.472 e. The van der Waals surface area contributed by atoms with Gasteiger partial charge in [0.05, 0.1) is 21.7 Å². The second-order valence-electron chi connectivity index (χ2n) is 8.42. The highest BCUT2D eigenvalue weighted by atomic mass is 35.5. The third-order valence-corrected chi connectivity index (χ3v) is 6.36. The Morgan fingerprint density at radius 2 is 1.95 bits per heavy atom. The van der Waals surface area contributed by atoms with Gasteiger partial charge >= 0.3 is 7.82 Å². The molecule has 0 aliphatic carbocycles. The van der Waals surface area contributed by atoms with E-state index in [4.69, 9.17) is 31.1 Å². The number of fused-ring (bicyclic) bond motifs is 1. The average molecular weight is 560 g/mol. The number of phosphoric acid groups is 1. The number of ether oxygens (including phenoxy) is 1. The van der Waals surface area contributed by atoms with E-state index in [2.05, 4.69) is 26.8 Å². The summed E-state index contributed by atoms with van der Waals surface area (Å²) in [6.07, 6.45) is 7.24. The summed E-state index contributed by atoms with van der Waals surface area (Å²) >= 11 is 6.63. The molecule has 38 heavy (non-hydrogen) atoms. The molecule has 200 valence electrons. The van der Waals surface area contributed by atoms with Gasteiger partial charge < -0.3 is 19.8 Å². The van der Waals surface area contributed by atoms with Gasteiger partial charge in [-0.2, -0.15) is 5.10 Å². The molecule has 0 aliphatic heterocycles. The summed E-state index contributed by atoms with van der Waals surface area (Å²) in [4.78, 5) is 39.1. The first-order valence-corrected chi connectivity index (χ1v) is 13.9. The van der Waals surface area contributed by atoms with Gasteiger partial charge in [0.15, 0.2) is 18.3 Å². The molecule has 3 aromatic heterocycles. The first-order valence-electron chi connectivity index (χ1n) is 12.0. The van der Waals surface area contributed by atoms with Crippen LogP contribution in [0.5, 0.6) is 5.75 Å². The molecule has 0 fully saturated rings. The number of benzene rings is 1. The third kappa shape index (κ3) is 7.15. The summed E-state index contributed by atoms with van der Waals surface area (Å²) in [5.41, 5.74) is 2.19. The molecule has 11 nitrogen and oxygen atoms in total. The normalized spacial score (nSPS) is 11.6. The first-order chi connectivity index (χ1) is 18.2. The highest BCUT2D eigenvalue weighted by Crippen LogP contribution is 2.36. The lowest BCUT2D eigenvalue weighted by Gasteiger charge is -2.09. The van der Waals surface area contributed by atoms with Crippen molar-refractivity contribution in [2.24, 2.45) is 0 Å². The minimum atomic E-state index is -4.62. The Kier molecular flexibility index (Phi) is 9.09. The van der Waals surface area contributed by atoms with Crippen molar-refractivity contribution in [1.29, 1.82) is 0 Å². The molecule has 0 bridgehead atoms. The van der Waals surface area contributed by atoms with E-state index in [0.29, 0.717) is 51.0 Å². The fourth-order valence-corrected chi connectivity index (χ4v) is 4.21. The van der Waals surface area contributed by atoms with E-state index < -0.39 is 14.6 Å². The van der Waals surface area contributed by atoms with Crippen molar-refractivity contribution in [3.8, 4) is 17.0 Å². The van der Waals surface area contributed by atoms with Crippen molar-refractivity contribution in [3.63, 3.8) is 0 Å². The first kappa shape index (κ1) is 27.7. The molecule has 4 aromatic rings. The third-order valence-electron chi connectivity index (χ3n) is 5.63. The second-order valence-corrected chi connectivity index (χ2v) is 10.1. The lowest BCUT2D eigenvalue weighted by Crippen LogP contribution is -2.13. The van der Waals surface area contributed by atoms with Gasteiger partial charge in [-0.15, -0.1) is 0 Å². The topological polar surface area (TPSA) is 149 Å². The van der Waals surface area contributed by atoms with Crippen LogP contribution in [0.2, 0.25) is 5.02 Å². The van der Waals surface area contributed by atoms with Crippen molar-refractivity contribution >= 4 is 42.2 Å². The number of phosphoric ester groups is 1. The molecule has 4 rings (SSSR count). The van der Waals surface area contributed by atoms with Crippen LogP contribution in [0.4, 0.5) is 5.82 Å². The Hall–Kier alpha value is -3.34. The minimum absolute atomic E-state index is 0.339. The van der Waals surface area contributed by atoms with E-state index >= 15 is 0 Å². The van der Waals surface area contributed by atoms with Crippen LogP contribution in [0.15, 0.2) is 54.9 Å². The number of aromatic nitrogens is 4. The van der Waals surface area contributed by atoms with Gasteiger partial charge in [0.25, 0.3) is 5.91 Å². The molecule has 3 heterocycles. The zero-order valence-corrected chi connectivity index (χ0v) is 22.2. The number of rotatable bonds is 12. The number of pyridine rings is 2. The van der Waals surface area contributed by atoms with E-state index in [0.717, 1.165) is 25.7 Å². The number of carbonyl (C=O) groups excluding carboxylic acids is 1. The summed E-state index contributed by atoms with van der Waals surface area (Å²) in [6.45, 7) is 2.17. The number of hydrogen-bond acceptors (Lipinski definition) is 7. The van der Waals surface area contributed by atoms with Crippen molar-refractivity contribution in [3.05, 3.63) is 65.4 Å². The van der Waals surface area contributed by atoms with Gasteiger partial charge in [0, 0.05) is 24.5 Å². The van der Waals surface area contributed by atoms with Crippen LogP contribution in [0.25, 0.3) is 22.3 Å². The standard InChI is InChI=1S/C25H27ClN5O6P/c1-2-3-4-5-13-31-24-20(23(30-31)29-25(32)18-7-6-12-27-15-18)14-21(26)22(28-24)17-8-10-19(11-9-17)36-16-37-38(33,34)35/h6-12,14-15H,2-5,13,16H2,1H3,(H,29,30,32)(H2,33,34,35). The Bertz CT molecular complexity index is 1440. The molecule has 0 saturated heterocycles. The average Bonchev–Trinajstić information content (AvgIpc) is 3.22. The van der Waals surface area contributed by atoms with Gasteiger partial charge in [-0.25, -0.2) is 18.8 Å². The maximum atomic E-state index is 12.8. The second kappa shape index (κ2) is 12.5. The summed E-state index contributed by atoms with van der Waals surface area (Å²) < 4.78 is 22.1. The van der Waals surface area contributed by atoms with E-state index in [1.165, 1.54) is 6.20 Å². The van der Waals surface area contributed by atoms with Gasteiger partial charge in [0.2, 0.25) is 0 Å². The molecule has 0 spiro atoms. The van der Waals surface area contributed by atoms with Gasteiger partial charge in [-0.1, -0.05) is 37.8 Å². The maximum absolute atomic E-state index is 12.8. The van der Waals surface area contributed by atoms with Crippen LogP contribution in [0.3, 0.4) is 0 Å². The summed E-state index contributed by atoms with van der Waals surface area (Å²) in [5, 5.41) is 8.47. The fourth-order valence-electron chi connectivity index (χ4n) is 3.76. The molecule has 0 saturated carbocycles. The van der Waals surface area contributed by atoms with E-state index in [9.17, 15) is 9.36 Å². The summed E-state index contributed by atoms with van der Waals surface area (Å²) in [6, 6.07) is 11.8. The number of unbranched alkanes of at least 4 members (excludes halogenated alkanes) is 3. The Morgan fingerprint density at radius 3 is 2.63 bits per heavy atom. The molecule has 0 aliphatic rings. The van der Waals surface area contributed by atoms with Crippen LogP contribution < -0.4 is 10.1 Å². The Morgan fingerprint density at radius 1 is 1.16 bits per heavy atom. The largest absolute Gasteiger partial charge is 0.472 e. The van der Waals surface area contributed by atoms with Gasteiger partial charge in [-0.05, 0) is 48.9 Å². The number of nitrogens with zero attached hydrogens (tertiary/aromatic N) is 4. The minimum Gasteiger partial charge on any atom is -0.467 e. The number of amides is 1.